The van der Waals surface area contributed by atoms with Crippen molar-refractivity contribution in [1.82, 2.24) is 0 Å². The first kappa shape index (κ1) is 15.8. The summed E-state index contributed by atoms with van der Waals surface area (Å²) < 4.78 is 0. The molecule has 0 aromatic carbocycles. The van der Waals surface area contributed by atoms with Crippen LogP contribution in [0.15, 0.2) is 48.6 Å². The SMILES string of the molecule is C/C=C/C=C/C(=O)O.C/C=C/C=C/CO. The molecule has 2 N–H and O–H groups in total. The molecule has 0 fully saturated rings. The molecule has 15 heavy (non-hydrogen) atoms. The van der Waals surface area contributed by atoms with Gasteiger partial charge in [0.2, 0.25) is 0 Å². The number of hydrogen-bond donors (Lipinski definition) is 2. The van der Waals surface area contributed by atoms with E-state index in [4.69, 9.17) is 10.2 Å². The van der Waals surface area contributed by atoms with Crippen molar-refractivity contribution < 1.29 is 15.0 Å². The van der Waals surface area contributed by atoms with Gasteiger partial charge in [-0.15, -0.1) is 0 Å². The summed E-state index contributed by atoms with van der Waals surface area (Å²) in [6, 6.07) is 0. The lowest BCUT2D eigenvalue weighted by molar-refractivity contribution is -0.131. The molecule has 0 heterocycles. The standard InChI is InChI=1S/C6H8O2.C6H10O/c1-2-3-4-5-6(7)8;1-2-3-4-5-6-7/h2-5H,1H3,(H,7,8);2-5,7H,6H2,1H3/b2*3-2+,5-4+. The fourth-order valence-corrected chi connectivity index (χ4v) is 0.500. The van der Waals surface area contributed by atoms with Crippen LogP contribution in [0.2, 0.25) is 0 Å². The summed E-state index contributed by atoms with van der Waals surface area (Å²) in [7, 11) is 0. The Morgan fingerprint density at radius 2 is 1.60 bits per heavy atom. The molecule has 0 atom stereocenters. The first-order chi connectivity index (χ1) is 7.18. The van der Waals surface area contributed by atoms with Crippen LogP contribution in [0.5, 0.6) is 0 Å². The molecule has 0 saturated carbocycles. The summed E-state index contributed by atoms with van der Waals surface area (Å²) in [4.78, 5) is 9.75. The molecule has 0 radical (unpaired) electrons. The van der Waals surface area contributed by atoms with Crippen molar-refractivity contribution in [2.45, 2.75) is 13.8 Å². The Balaban J connectivity index is 0. The van der Waals surface area contributed by atoms with Crippen molar-refractivity contribution in [2.75, 3.05) is 6.61 Å². The van der Waals surface area contributed by atoms with Gasteiger partial charge in [0.15, 0.2) is 0 Å². The van der Waals surface area contributed by atoms with E-state index in [0.29, 0.717) is 0 Å². The van der Waals surface area contributed by atoms with Crippen LogP contribution in [0, 0.1) is 0 Å². The molecular weight excluding hydrogens is 192 g/mol. The second-order valence-electron chi connectivity index (χ2n) is 2.36. The number of carboxylic acid groups (broad SMARTS) is 1. The monoisotopic (exact) mass is 210 g/mol. The number of allylic oxidation sites excluding steroid dienone is 6. The van der Waals surface area contributed by atoms with Gasteiger partial charge in [-0.3, -0.25) is 0 Å². The topological polar surface area (TPSA) is 57.5 Å². The average Bonchev–Trinajstić information content (AvgIpc) is 2.20. The maximum atomic E-state index is 9.75. The van der Waals surface area contributed by atoms with Gasteiger partial charge >= 0.3 is 5.97 Å². The second kappa shape index (κ2) is 14.9. The molecule has 3 heteroatoms. The van der Waals surface area contributed by atoms with Crippen LogP contribution in [-0.4, -0.2) is 22.8 Å². The summed E-state index contributed by atoms with van der Waals surface area (Å²) in [5.41, 5.74) is 0. The van der Waals surface area contributed by atoms with Gasteiger partial charge in [0.05, 0.1) is 6.61 Å². The van der Waals surface area contributed by atoms with Crippen LogP contribution in [0.1, 0.15) is 13.8 Å². The maximum absolute atomic E-state index is 9.75. The molecule has 0 bridgehead atoms. The highest BCUT2D eigenvalue weighted by molar-refractivity contribution is 5.80. The minimum atomic E-state index is -0.914. The van der Waals surface area contributed by atoms with Crippen molar-refractivity contribution in [1.29, 1.82) is 0 Å². The second-order valence-corrected chi connectivity index (χ2v) is 2.36. The third-order valence-electron chi connectivity index (χ3n) is 1.09. The number of rotatable bonds is 4. The first-order valence-corrected chi connectivity index (χ1v) is 4.60. The quantitative estimate of drug-likeness (QED) is 0.553. The highest BCUT2D eigenvalue weighted by atomic mass is 16.4. The van der Waals surface area contributed by atoms with Crippen LogP contribution < -0.4 is 0 Å². The van der Waals surface area contributed by atoms with E-state index < -0.39 is 5.97 Å². The molecule has 0 aliphatic carbocycles. The lowest BCUT2D eigenvalue weighted by Crippen LogP contribution is -1.83. The number of carbonyl (C=O) groups is 1. The van der Waals surface area contributed by atoms with Crippen molar-refractivity contribution in [3.63, 3.8) is 0 Å². The van der Waals surface area contributed by atoms with E-state index in [1.165, 1.54) is 6.08 Å². The predicted octanol–water partition coefficient (Wildman–Crippen LogP) is 2.31. The lowest BCUT2D eigenvalue weighted by Gasteiger charge is -1.72. The van der Waals surface area contributed by atoms with Crippen LogP contribution in [0.4, 0.5) is 0 Å². The summed E-state index contributed by atoms with van der Waals surface area (Å²) >= 11 is 0. The zero-order chi connectivity index (χ0) is 11.9. The van der Waals surface area contributed by atoms with Gasteiger partial charge in [-0.25, -0.2) is 4.79 Å². The summed E-state index contributed by atoms with van der Waals surface area (Å²) in [6.07, 6.45) is 13.2. The number of carboxylic acids is 1. The summed E-state index contributed by atoms with van der Waals surface area (Å²) in [5.74, 6) is -0.914. The zero-order valence-corrected chi connectivity index (χ0v) is 9.13. The van der Waals surface area contributed by atoms with E-state index >= 15 is 0 Å². The Kier molecular flexibility index (Phi) is 15.7. The van der Waals surface area contributed by atoms with Crippen molar-refractivity contribution in [3.05, 3.63) is 48.6 Å². The van der Waals surface area contributed by atoms with Crippen LogP contribution in [0.3, 0.4) is 0 Å². The molecule has 3 nitrogen and oxygen atoms in total. The minimum Gasteiger partial charge on any atom is -0.478 e. The van der Waals surface area contributed by atoms with Gasteiger partial charge in [0, 0.05) is 6.08 Å². The molecule has 0 saturated heterocycles. The fraction of sp³-hybridized carbons (Fsp3) is 0.250. The van der Waals surface area contributed by atoms with Crippen LogP contribution in [0.25, 0.3) is 0 Å². The Bertz CT molecular complexity index is 248. The van der Waals surface area contributed by atoms with Gasteiger partial charge < -0.3 is 10.2 Å². The van der Waals surface area contributed by atoms with Gasteiger partial charge in [-0.2, -0.15) is 0 Å². The highest BCUT2D eigenvalue weighted by Gasteiger charge is 1.78. The van der Waals surface area contributed by atoms with E-state index in [2.05, 4.69) is 0 Å². The fourth-order valence-electron chi connectivity index (χ4n) is 0.500. The molecule has 0 rings (SSSR count). The molecule has 0 aromatic rings. The van der Waals surface area contributed by atoms with Gasteiger partial charge in [-0.05, 0) is 13.8 Å². The van der Waals surface area contributed by atoms with Crippen molar-refractivity contribution in [2.24, 2.45) is 0 Å². The van der Waals surface area contributed by atoms with E-state index in [1.807, 2.05) is 26.0 Å². The number of aliphatic hydroxyl groups excluding tert-OH is 1. The number of aliphatic carboxylic acids is 1. The smallest absolute Gasteiger partial charge is 0.328 e. The van der Waals surface area contributed by atoms with Crippen LogP contribution in [-0.2, 0) is 4.79 Å². The summed E-state index contributed by atoms with van der Waals surface area (Å²) in [5, 5.41) is 16.2. The Labute approximate surface area is 90.8 Å². The minimum absolute atomic E-state index is 0.129. The Morgan fingerprint density at radius 3 is 2.00 bits per heavy atom. The molecule has 0 aliphatic heterocycles. The van der Waals surface area contributed by atoms with Gasteiger partial charge in [0.1, 0.15) is 0 Å². The van der Waals surface area contributed by atoms with Crippen molar-refractivity contribution in [3.8, 4) is 0 Å². The normalized spacial score (nSPS) is 11.4. The molecular formula is C12H18O3. The zero-order valence-electron chi connectivity index (χ0n) is 9.13. The number of aliphatic hydroxyl groups is 1. The lowest BCUT2D eigenvalue weighted by atomic mass is 10.4. The first-order valence-electron chi connectivity index (χ1n) is 4.60. The predicted molar refractivity (Wildman–Crippen MR) is 62.6 cm³/mol. The Hall–Kier alpha value is -1.61. The molecule has 84 valence electrons. The van der Waals surface area contributed by atoms with Crippen molar-refractivity contribution >= 4 is 5.97 Å². The molecule has 0 aromatic heterocycles. The van der Waals surface area contributed by atoms with E-state index in [9.17, 15) is 4.79 Å². The third kappa shape index (κ3) is 24.5. The highest BCUT2D eigenvalue weighted by Crippen LogP contribution is 1.74. The maximum Gasteiger partial charge on any atom is 0.328 e. The largest absolute Gasteiger partial charge is 0.478 e. The van der Waals surface area contributed by atoms with Gasteiger partial charge in [-0.1, -0.05) is 42.5 Å². The molecule has 0 aliphatic rings. The van der Waals surface area contributed by atoms with Crippen LogP contribution >= 0.6 is 0 Å². The number of hydrogen-bond acceptors (Lipinski definition) is 2. The van der Waals surface area contributed by atoms with E-state index in [-0.39, 0.29) is 6.61 Å². The average molecular weight is 210 g/mol. The van der Waals surface area contributed by atoms with E-state index in [0.717, 1.165) is 6.08 Å². The third-order valence-corrected chi connectivity index (χ3v) is 1.09. The molecule has 0 amide bonds. The molecule has 0 unspecified atom stereocenters. The Morgan fingerprint density at radius 1 is 1.07 bits per heavy atom. The van der Waals surface area contributed by atoms with Gasteiger partial charge in [0.25, 0.3) is 0 Å². The molecule has 0 spiro atoms. The summed E-state index contributed by atoms with van der Waals surface area (Å²) in [6.45, 7) is 3.89. The van der Waals surface area contributed by atoms with E-state index in [1.54, 1.807) is 24.3 Å².